The Labute approximate surface area is 139 Å². The molecule has 2 N–H and O–H groups in total. The van der Waals surface area contributed by atoms with E-state index in [1.165, 1.54) is 51.4 Å². The summed E-state index contributed by atoms with van der Waals surface area (Å²) in [5.74, 6) is 0. The van der Waals surface area contributed by atoms with Crippen molar-refractivity contribution in [3.63, 3.8) is 0 Å². The molecule has 0 amide bonds. The zero-order chi connectivity index (χ0) is 14.3. The minimum Gasteiger partial charge on any atom is -0.542 e. The van der Waals surface area contributed by atoms with Crippen LogP contribution in [0.2, 0.25) is 0 Å². The van der Waals surface area contributed by atoms with E-state index in [1.54, 1.807) is 0 Å². The van der Waals surface area contributed by atoms with Gasteiger partial charge in [0.1, 0.15) is 0 Å². The molecule has 0 spiro atoms. The average Bonchev–Trinajstić information content (AvgIpc) is 2.25. The van der Waals surface area contributed by atoms with Gasteiger partial charge in [-0.2, -0.15) is 14.8 Å². The van der Waals surface area contributed by atoms with Crippen molar-refractivity contribution in [3.05, 3.63) is 0 Å². The number of hydrogen-bond donors (Lipinski definition) is 2. The van der Waals surface area contributed by atoms with Gasteiger partial charge >= 0.3 is 40.0 Å². The summed E-state index contributed by atoms with van der Waals surface area (Å²) in [6.07, 6.45) is 14.4. The summed E-state index contributed by atoms with van der Waals surface area (Å²) in [6.45, 7) is 2.25. The standard InChI is InChI=1S/C12H23O.Na.H2O4S/c1-2-3-4-5-6-7-8-9-10-11-12-13;;1-5(2,3)4/h2-11H2,1H3;;(H2,1,2,3,4)/q-1;+1;. The summed E-state index contributed by atoms with van der Waals surface area (Å²) in [6, 6.07) is 0. The topological polar surface area (TPSA) is 91.7 Å². The van der Waals surface area contributed by atoms with E-state index < -0.39 is 10.4 Å². The summed E-state index contributed by atoms with van der Waals surface area (Å²) in [4.78, 5) is 9.89. The van der Waals surface area contributed by atoms with Crippen molar-refractivity contribution < 1.29 is 51.9 Å². The molecule has 0 saturated carbocycles. The Morgan fingerprint density at radius 3 is 1.47 bits per heavy atom. The van der Waals surface area contributed by atoms with Crippen molar-refractivity contribution in [1.82, 2.24) is 0 Å². The molecule has 0 aromatic heterocycles. The smallest absolute Gasteiger partial charge is 0.542 e. The first kappa shape index (κ1) is 24.6. The van der Waals surface area contributed by atoms with Gasteiger partial charge in [-0.3, -0.25) is 15.4 Å². The normalized spacial score (nSPS) is 10.1. The third-order valence-electron chi connectivity index (χ3n) is 2.38. The average molecular weight is 304 g/mol. The predicted molar refractivity (Wildman–Crippen MR) is 71.7 cm³/mol. The first-order valence-electron chi connectivity index (χ1n) is 6.46. The maximum Gasteiger partial charge on any atom is 1.00 e. The predicted octanol–water partition coefficient (Wildman–Crippen LogP) is 0.368. The molecule has 110 valence electrons. The molecule has 0 bridgehead atoms. The molecule has 0 unspecified atom stereocenters. The van der Waals surface area contributed by atoms with E-state index in [0.29, 0.717) is 6.42 Å². The van der Waals surface area contributed by atoms with Gasteiger partial charge in [-0.05, 0) is 0 Å². The molecule has 0 aliphatic carbocycles. The molecule has 0 heterocycles. The van der Waals surface area contributed by atoms with Gasteiger partial charge in [-0.1, -0.05) is 64.7 Å². The van der Waals surface area contributed by atoms with E-state index in [4.69, 9.17) is 17.5 Å². The number of hydrogen-bond acceptors (Lipinski definition) is 3. The summed E-state index contributed by atoms with van der Waals surface area (Å²) in [5, 5.41) is 0. The zero-order valence-corrected chi connectivity index (χ0v) is 14.9. The van der Waals surface area contributed by atoms with E-state index in [2.05, 4.69) is 6.92 Å². The SMILES string of the molecule is CCCCCCCCCCC[C-]=O.O=S(=O)(O)O.[Na+]. The maximum absolute atomic E-state index is 9.89. The van der Waals surface area contributed by atoms with Crippen LogP contribution in [0.4, 0.5) is 0 Å². The summed E-state index contributed by atoms with van der Waals surface area (Å²) < 4.78 is 31.6. The molecule has 5 nitrogen and oxygen atoms in total. The van der Waals surface area contributed by atoms with Crippen molar-refractivity contribution >= 4 is 16.7 Å². The molecule has 0 aromatic carbocycles. The molecular weight excluding hydrogens is 279 g/mol. The maximum atomic E-state index is 9.89. The number of rotatable bonds is 10. The van der Waals surface area contributed by atoms with Crippen LogP contribution in [-0.4, -0.2) is 23.8 Å². The van der Waals surface area contributed by atoms with Gasteiger partial charge in [0.2, 0.25) is 0 Å². The fraction of sp³-hybridized carbons (Fsp3) is 0.917. The molecular formula is C12H25NaO5S. The van der Waals surface area contributed by atoms with Crippen molar-refractivity contribution in [2.24, 2.45) is 0 Å². The van der Waals surface area contributed by atoms with Crippen LogP contribution in [0.5, 0.6) is 0 Å². The first-order chi connectivity index (χ1) is 8.41. The zero-order valence-electron chi connectivity index (χ0n) is 12.1. The van der Waals surface area contributed by atoms with E-state index in [9.17, 15) is 4.79 Å². The molecule has 0 saturated heterocycles. The molecule has 0 fully saturated rings. The van der Waals surface area contributed by atoms with Crippen LogP contribution in [-0.2, 0) is 15.2 Å². The Morgan fingerprint density at radius 1 is 0.842 bits per heavy atom. The summed E-state index contributed by atoms with van der Waals surface area (Å²) in [7, 11) is -4.67. The van der Waals surface area contributed by atoms with Gasteiger partial charge in [0.15, 0.2) is 0 Å². The fourth-order valence-electron chi connectivity index (χ4n) is 1.51. The monoisotopic (exact) mass is 304 g/mol. The van der Waals surface area contributed by atoms with Crippen molar-refractivity contribution in [1.29, 1.82) is 0 Å². The summed E-state index contributed by atoms with van der Waals surface area (Å²) >= 11 is 0. The third-order valence-corrected chi connectivity index (χ3v) is 2.38. The van der Waals surface area contributed by atoms with Gasteiger partial charge in [-0.25, -0.2) is 0 Å². The van der Waals surface area contributed by atoms with E-state index in [1.807, 2.05) is 6.29 Å². The molecule has 0 aromatic rings. The summed E-state index contributed by atoms with van der Waals surface area (Å²) in [5.41, 5.74) is 0. The number of carbonyl (C=O) groups excluding carboxylic acids is 1. The Hall–Kier alpha value is 0.540. The Balaban J connectivity index is -0.000000366. The second kappa shape index (κ2) is 18.5. The van der Waals surface area contributed by atoms with E-state index in [-0.39, 0.29) is 29.6 Å². The Morgan fingerprint density at radius 2 is 1.16 bits per heavy atom. The molecule has 19 heavy (non-hydrogen) atoms. The fourth-order valence-corrected chi connectivity index (χ4v) is 1.51. The van der Waals surface area contributed by atoms with Crippen LogP contribution < -0.4 is 29.6 Å². The van der Waals surface area contributed by atoms with E-state index >= 15 is 0 Å². The molecule has 0 aliphatic rings. The molecule has 0 atom stereocenters. The van der Waals surface area contributed by atoms with Gasteiger partial charge in [-0.15, -0.1) is 0 Å². The number of unbranched alkanes of at least 4 members (excludes halogenated alkanes) is 9. The first-order valence-corrected chi connectivity index (χ1v) is 7.86. The minimum atomic E-state index is -4.67. The van der Waals surface area contributed by atoms with Crippen LogP contribution in [0.25, 0.3) is 0 Å². The van der Waals surface area contributed by atoms with Crippen LogP contribution in [0, 0.1) is 0 Å². The molecule has 0 aliphatic heterocycles. The Kier molecular flexibility index (Phi) is 24.0. The van der Waals surface area contributed by atoms with Crippen molar-refractivity contribution in [2.75, 3.05) is 0 Å². The van der Waals surface area contributed by atoms with Gasteiger partial charge in [0, 0.05) is 0 Å². The Bertz CT molecular complexity index is 259. The van der Waals surface area contributed by atoms with Crippen molar-refractivity contribution in [3.8, 4) is 0 Å². The van der Waals surface area contributed by atoms with Crippen LogP contribution in [0.1, 0.15) is 71.1 Å². The third kappa shape index (κ3) is 45.7. The van der Waals surface area contributed by atoms with E-state index in [0.717, 1.165) is 6.42 Å². The second-order valence-corrected chi connectivity index (χ2v) is 5.07. The second-order valence-electron chi connectivity index (χ2n) is 4.17. The molecule has 7 heteroatoms. The minimum absolute atomic E-state index is 0. The quantitative estimate of drug-likeness (QED) is 0.263. The van der Waals surface area contributed by atoms with Gasteiger partial charge < -0.3 is 4.79 Å². The van der Waals surface area contributed by atoms with Crippen LogP contribution >= 0.6 is 0 Å². The largest absolute Gasteiger partial charge is 1.00 e. The van der Waals surface area contributed by atoms with Crippen molar-refractivity contribution in [2.45, 2.75) is 71.1 Å². The van der Waals surface area contributed by atoms with Crippen LogP contribution in [0.15, 0.2) is 0 Å². The molecule has 0 radical (unpaired) electrons. The molecule has 0 rings (SSSR count). The van der Waals surface area contributed by atoms with Gasteiger partial charge in [0.25, 0.3) is 0 Å². The van der Waals surface area contributed by atoms with Gasteiger partial charge in [0.05, 0.1) is 0 Å². The van der Waals surface area contributed by atoms with Crippen LogP contribution in [0.3, 0.4) is 0 Å².